The van der Waals surface area contributed by atoms with Crippen molar-refractivity contribution in [3.05, 3.63) is 91.7 Å². The Morgan fingerprint density at radius 2 is 1.25 bits per heavy atom. The van der Waals surface area contributed by atoms with Gasteiger partial charge in [-0.2, -0.15) is 0 Å². The van der Waals surface area contributed by atoms with Gasteiger partial charge in [0, 0.05) is 21.2 Å². The third-order valence-electron chi connectivity index (χ3n) is 4.98. The zero-order chi connectivity index (χ0) is 19.8. The second kappa shape index (κ2) is 9.47. The van der Waals surface area contributed by atoms with Crippen molar-refractivity contribution in [2.45, 2.75) is 32.6 Å². The Labute approximate surface area is 164 Å². The Bertz CT molecular complexity index is 893. The van der Waals surface area contributed by atoms with E-state index in [1.807, 2.05) is 48.5 Å². The summed E-state index contributed by atoms with van der Waals surface area (Å²) in [5.41, 5.74) is 23.4. The third kappa shape index (κ3) is 5.27. The highest BCUT2D eigenvalue weighted by Crippen LogP contribution is 2.36. The molecular weight excluding hydrogens is 348 g/mol. The molecule has 2 aromatic rings. The maximum absolute atomic E-state index is 8.52. The fourth-order valence-corrected chi connectivity index (χ4v) is 3.61. The van der Waals surface area contributed by atoms with Crippen LogP contribution in [0.2, 0.25) is 0 Å². The van der Waals surface area contributed by atoms with E-state index in [1.165, 1.54) is 11.1 Å². The first-order valence-corrected chi connectivity index (χ1v) is 9.39. The predicted octanol–water partition coefficient (Wildman–Crippen LogP) is 8.25. The quantitative estimate of drug-likeness (QED) is 0.287. The third-order valence-corrected chi connectivity index (χ3v) is 4.98. The Kier molecular flexibility index (Phi) is 6.53. The second-order valence-corrected chi connectivity index (χ2v) is 7.03. The maximum atomic E-state index is 8.52. The first-order valence-electron chi connectivity index (χ1n) is 9.39. The fourth-order valence-electron chi connectivity index (χ4n) is 3.61. The number of hydrogen-bond acceptors (Lipinski definition) is 2. The van der Waals surface area contributed by atoms with Gasteiger partial charge in [0.25, 0.3) is 0 Å². The van der Waals surface area contributed by atoms with Gasteiger partial charge >= 0.3 is 0 Å². The van der Waals surface area contributed by atoms with Crippen molar-refractivity contribution in [1.29, 1.82) is 0 Å². The number of benzene rings is 2. The van der Waals surface area contributed by atoms with Crippen LogP contribution in [0.5, 0.6) is 0 Å². The van der Waals surface area contributed by atoms with Crippen LogP contribution in [0.25, 0.3) is 33.0 Å². The van der Waals surface area contributed by atoms with Crippen LogP contribution >= 0.6 is 0 Å². The molecule has 0 amide bonds. The number of rotatable bonds is 5. The molecule has 0 spiro atoms. The molecule has 0 aromatic heterocycles. The van der Waals surface area contributed by atoms with Gasteiger partial charge in [0.1, 0.15) is 0 Å². The van der Waals surface area contributed by atoms with E-state index in [0.717, 1.165) is 36.8 Å². The Morgan fingerprint density at radius 3 is 1.61 bits per heavy atom. The van der Waals surface area contributed by atoms with Gasteiger partial charge in [-0.25, -0.2) is 0 Å². The van der Waals surface area contributed by atoms with E-state index in [0.29, 0.717) is 17.3 Å². The average Bonchev–Trinajstić information content (AvgIpc) is 2.71. The molecule has 0 bridgehead atoms. The standard InChI is InChI=1S/C22H22N6/c1-2-16-11-19(13-17-3-7-21(8-4-17)25-27-23)15-20(12-16)14-18-5-9-22(10-6-18)26-28-24/h3-10,13-14,16H,2,11-12,15H2,1H3. The van der Waals surface area contributed by atoms with Gasteiger partial charge < -0.3 is 0 Å². The molecule has 0 aliphatic heterocycles. The zero-order valence-corrected chi connectivity index (χ0v) is 15.9. The fraction of sp³-hybridized carbons (Fsp3) is 0.273. The lowest BCUT2D eigenvalue weighted by Gasteiger charge is -2.26. The smallest absolute Gasteiger partial charge is 0.0375 e. The molecule has 1 aliphatic rings. The van der Waals surface area contributed by atoms with Gasteiger partial charge in [0.05, 0.1) is 0 Å². The minimum atomic E-state index is 0.629. The summed E-state index contributed by atoms with van der Waals surface area (Å²) in [7, 11) is 0. The zero-order valence-electron chi connectivity index (χ0n) is 15.9. The summed E-state index contributed by atoms with van der Waals surface area (Å²) in [6, 6.07) is 15.3. The van der Waals surface area contributed by atoms with E-state index in [1.54, 1.807) is 0 Å². The monoisotopic (exact) mass is 370 g/mol. The summed E-state index contributed by atoms with van der Waals surface area (Å²) in [5.74, 6) is 0.649. The van der Waals surface area contributed by atoms with Gasteiger partial charge in [-0.1, -0.05) is 95.4 Å². The van der Waals surface area contributed by atoms with Crippen molar-refractivity contribution < 1.29 is 0 Å². The molecule has 0 radical (unpaired) electrons. The lowest BCUT2D eigenvalue weighted by molar-refractivity contribution is 0.468. The van der Waals surface area contributed by atoms with Crippen molar-refractivity contribution in [1.82, 2.24) is 0 Å². The summed E-state index contributed by atoms with van der Waals surface area (Å²) in [6.07, 6.45) is 8.84. The number of azide groups is 2. The Morgan fingerprint density at radius 1 is 0.821 bits per heavy atom. The van der Waals surface area contributed by atoms with Crippen LogP contribution < -0.4 is 0 Å². The second-order valence-electron chi connectivity index (χ2n) is 7.03. The van der Waals surface area contributed by atoms with Crippen molar-refractivity contribution >= 4 is 23.5 Å². The van der Waals surface area contributed by atoms with Crippen LogP contribution in [0.4, 0.5) is 11.4 Å². The van der Waals surface area contributed by atoms with Crippen molar-refractivity contribution in [2.24, 2.45) is 16.1 Å². The molecule has 28 heavy (non-hydrogen) atoms. The maximum Gasteiger partial charge on any atom is 0.0375 e. The van der Waals surface area contributed by atoms with Crippen LogP contribution in [-0.4, -0.2) is 0 Å². The van der Waals surface area contributed by atoms with Gasteiger partial charge in [-0.3, -0.25) is 0 Å². The van der Waals surface area contributed by atoms with Crippen LogP contribution in [0, 0.1) is 5.92 Å². The highest BCUT2D eigenvalue weighted by molar-refractivity contribution is 5.60. The first kappa shape index (κ1) is 19.3. The molecule has 2 aromatic carbocycles. The number of hydrogen-bond donors (Lipinski definition) is 0. The van der Waals surface area contributed by atoms with Crippen LogP contribution in [0.15, 0.2) is 69.9 Å². The highest BCUT2D eigenvalue weighted by atomic mass is 15.1. The predicted molar refractivity (Wildman–Crippen MR) is 114 cm³/mol. The van der Waals surface area contributed by atoms with Crippen LogP contribution in [-0.2, 0) is 0 Å². The summed E-state index contributed by atoms with van der Waals surface area (Å²) in [5, 5.41) is 7.24. The van der Waals surface area contributed by atoms with Crippen molar-refractivity contribution in [3.8, 4) is 0 Å². The summed E-state index contributed by atoms with van der Waals surface area (Å²) in [4.78, 5) is 5.63. The van der Waals surface area contributed by atoms with E-state index in [4.69, 9.17) is 11.1 Å². The van der Waals surface area contributed by atoms with Gasteiger partial charge in [0.15, 0.2) is 0 Å². The Hall–Kier alpha value is -3.46. The normalized spacial score (nSPS) is 19.1. The minimum absolute atomic E-state index is 0.629. The topological polar surface area (TPSA) is 97.5 Å². The molecule has 3 rings (SSSR count). The number of nitrogens with zero attached hydrogens (tertiary/aromatic N) is 6. The molecule has 6 heteroatoms. The summed E-state index contributed by atoms with van der Waals surface area (Å²) in [6.45, 7) is 2.24. The van der Waals surface area contributed by atoms with E-state index >= 15 is 0 Å². The molecule has 0 unspecified atom stereocenters. The summed E-state index contributed by atoms with van der Waals surface area (Å²) >= 11 is 0. The molecular formula is C22H22N6. The molecule has 0 heterocycles. The summed E-state index contributed by atoms with van der Waals surface area (Å²) < 4.78 is 0. The van der Waals surface area contributed by atoms with Gasteiger partial charge in [-0.15, -0.1) is 0 Å². The lowest BCUT2D eigenvalue weighted by Crippen LogP contribution is -2.09. The molecule has 140 valence electrons. The van der Waals surface area contributed by atoms with E-state index < -0.39 is 0 Å². The molecule has 1 saturated carbocycles. The minimum Gasteiger partial charge on any atom is -0.0653 e. The van der Waals surface area contributed by atoms with Crippen LogP contribution in [0.1, 0.15) is 43.7 Å². The lowest BCUT2D eigenvalue weighted by atomic mass is 9.79. The molecule has 6 nitrogen and oxygen atoms in total. The average molecular weight is 370 g/mol. The highest BCUT2D eigenvalue weighted by Gasteiger charge is 2.19. The van der Waals surface area contributed by atoms with E-state index in [2.05, 4.69) is 39.1 Å². The molecule has 1 aliphatic carbocycles. The van der Waals surface area contributed by atoms with Crippen molar-refractivity contribution in [2.75, 3.05) is 0 Å². The molecule has 0 N–H and O–H groups in total. The molecule has 0 atom stereocenters. The SMILES string of the molecule is CCC1CC(=Cc2ccc(N=[N+]=[N-])cc2)CC(=Cc2ccc(N=[N+]=[N-])cc2)C1. The van der Waals surface area contributed by atoms with Gasteiger partial charge in [-0.05, 0) is 47.4 Å². The van der Waals surface area contributed by atoms with Gasteiger partial charge in [0.2, 0.25) is 0 Å². The first-order chi connectivity index (χ1) is 13.7. The molecule has 0 saturated heterocycles. The van der Waals surface area contributed by atoms with E-state index in [-0.39, 0.29) is 0 Å². The van der Waals surface area contributed by atoms with E-state index in [9.17, 15) is 0 Å². The molecule has 1 fully saturated rings. The largest absolute Gasteiger partial charge is 0.0653 e. The number of allylic oxidation sites excluding steroid dienone is 2. The van der Waals surface area contributed by atoms with Crippen molar-refractivity contribution in [3.63, 3.8) is 0 Å². The van der Waals surface area contributed by atoms with Crippen LogP contribution in [0.3, 0.4) is 0 Å². The Balaban J connectivity index is 1.81.